The van der Waals surface area contributed by atoms with Gasteiger partial charge in [0, 0.05) is 25.4 Å². The van der Waals surface area contributed by atoms with Crippen LogP contribution < -0.4 is 15.8 Å². The Balaban J connectivity index is 1.67. The second-order valence-corrected chi connectivity index (χ2v) is 8.83. The molecule has 1 amide bonds. The lowest BCUT2D eigenvalue weighted by Crippen LogP contribution is -2.45. The van der Waals surface area contributed by atoms with Gasteiger partial charge in [-0.3, -0.25) is 4.79 Å². The number of nitrogen functional groups attached to an aromatic ring is 1. The zero-order chi connectivity index (χ0) is 28.5. The van der Waals surface area contributed by atoms with E-state index in [2.05, 4.69) is 20.4 Å². The number of fused-ring (bicyclic) bond motifs is 1. The highest BCUT2D eigenvalue weighted by molar-refractivity contribution is 5.97. The molecule has 2 unspecified atom stereocenters. The molecule has 0 aliphatic heterocycles. The molecular formula is C25H24F4N6O4. The lowest BCUT2D eigenvalue weighted by Gasteiger charge is -2.32. The Kier molecular flexibility index (Phi) is 7.44. The van der Waals surface area contributed by atoms with Crippen LogP contribution in [0, 0.1) is 5.82 Å². The van der Waals surface area contributed by atoms with E-state index in [1.54, 1.807) is 0 Å². The fraction of sp³-hybridized carbons (Fsp3) is 0.280. The number of nitrogens with two attached hydrogens (primary N) is 1. The summed E-state index contributed by atoms with van der Waals surface area (Å²) in [6.45, 7) is 1.11. The van der Waals surface area contributed by atoms with E-state index >= 15 is 0 Å². The summed E-state index contributed by atoms with van der Waals surface area (Å²) < 4.78 is 66.1. The molecule has 14 heteroatoms. The van der Waals surface area contributed by atoms with Gasteiger partial charge in [-0.05, 0) is 36.8 Å². The van der Waals surface area contributed by atoms with E-state index < -0.39 is 40.7 Å². The summed E-state index contributed by atoms with van der Waals surface area (Å²) >= 11 is 0. The molecule has 4 rings (SSSR count). The molecule has 39 heavy (non-hydrogen) atoms. The molecule has 0 bridgehead atoms. The first kappa shape index (κ1) is 27.7. The van der Waals surface area contributed by atoms with Crippen molar-refractivity contribution in [2.45, 2.75) is 24.8 Å². The fourth-order valence-corrected chi connectivity index (χ4v) is 4.24. The SMILES string of the molecule is COc1ncc(-c2cc(C(F)(F)F)c3c(N)ncnn23)cc1C(=O)NCC(C)(O)C(OC)c1ccc(F)cc1. The maximum atomic E-state index is 13.7. The first-order chi connectivity index (χ1) is 18.4. The third kappa shape index (κ3) is 5.47. The minimum absolute atomic E-state index is 0.0432. The average Bonchev–Trinajstić information content (AvgIpc) is 3.30. The summed E-state index contributed by atoms with van der Waals surface area (Å²) in [5.41, 5.74) is 2.99. The minimum atomic E-state index is -4.75. The van der Waals surface area contributed by atoms with Crippen molar-refractivity contribution in [3.63, 3.8) is 0 Å². The van der Waals surface area contributed by atoms with Gasteiger partial charge in [0.15, 0.2) is 5.82 Å². The molecule has 0 aliphatic carbocycles. The van der Waals surface area contributed by atoms with Gasteiger partial charge in [0.25, 0.3) is 5.91 Å². The molecule has 206 valence electrons. The number of hydrogen-bond donors (Lipinski definition) is 3. The molecule has 0 fully saturated rings. The number of anilines is 1. The second-order valence-electron chi connectivity index (χ2n) is 8.83. The molecule has 2 atom stereocenters. The van der Waals surface area contributed by atoms with Gasteiger partial charge in [0.05, 0.1) is 18.4 Å². The van der Waals surface area contributed by atoms with Crippen molar-refractivity contribution >= 4 is 17.2 Å². The fourth-order valence-electron chi connectivity index (χ4n) is 4.24. The van der Waals surface area contributed by atoms with E-state index in [9.17, 15) is 27.5 Å². The first-order valence-corrected chi connectivity index (χ1v) is 11.4. The third-order valence-corrected chi connectivity index (χ3v) is 6.05. The number of halogens is 4. The van der Waals surface area contributed by atoms with Crippen molar-refractivity contribution in [1.29, 1.82) is 0 Å². The summed E-state index contributed by atoms with van der Waals surface area (Å²) in [5, 5.41) is 17.5. The molecule has 0 saturated heterocycles. The maximum Gasteiger partial charge on any atom is 0.418 e. The predicted molar refractivity (Wildman–Crippen MR) is 131 cm³/mol. The minimum Gasteiger partial charge on any atom is -0.480 e. The molecule has 0 spiro atoms. The molecule has 0 saturated carbocycles. The highest BCUT2D eigenvalue weighted by Crippen LogP contribution is 2.39. The normalized spacial score (nSPS) is 14.2. The van der Waals surface area contributed by atoms with Crippen LogP contribution in [0.5, 0.6) is 5.88 Å². The van der Waals surface area contributed by atoms with Crippen LogP contribution in [0.4, 0.5) is 23.4 Å². The van der Waals surface area contributed by atoms with Gasteiger partial charge in [-0.25, -0.2) is 18.9 Å². The van der Waals surface area contributed by atoms with Gasteiger partial charge in [0.1, 0.15) is 34.9 Å². The molecule has 0 aliphatic rings. The number of alkyl halides is 3. The van der Waals surface area contributed by atoms with Crippen molar-refractivity contribution in [2.75, 3.05) is 26.5 Å². The molecule has 4 N–H and O–H groups in total. The Morgan fingerprint density at radius 3 is 2.49 bits per heavy atom. The van der Waals surface area contributed by atoms with Gasteiger partial charge < -0.3 is 25.6 Å². The molecule has 3 aromatic heterocycles. The Hall–Kier alpha value is -4.30. The van der Waals surface area contributed by atoms with Gasteiger partial charge in [0.2, 0.25) is 5.88 Å². The molecule has 1 aromatic carbocycles. The largest absolute Gasteiger partial charge is 0.480 e. The average molecular weight is 548 g/mol. The topological polar surface area (TPSA) is 137 Å². The number of nitrogens with zero attached hydrogens (tertiary/aromatic N) is 4. The number of rotatable bonds is 8. The van der Waals surface area contributed by atoms with Gasteiger partial charge >= 0.3 is 6.18 Å². The number of nitrogens with one attached hydrogen (secondary N) is 1. The number of benzene rings is 1. The highest BCUT2D eigenvalue weighted by atomic mass is 19.4. The smallest absolute Gasteiger partial charge is 0.418 e. The van der Waals surface area contributed by atoms with Crippen molar-refractivity contribution in [3.8, 4) is 17.1 Å². The number of aliphatic hydroxyl groups is 1. The number of pyridine rings is 1. The van der Waals surface area contributed by atoms with Gasteiger partial charge in [-0.1, -0.05) is 12.1 Å². The van der Waals surface area contributed by atoms with Crippen molar-refractivity contribution < 1.29 is 36.9 Å². The quantitative estimate of drug-likeness (QED) is 0.285. The third-order valence-electron chi connectivity index (χ3n) is 6.05. The Labute approximate surface area is 219 Å². The number of amides is 1. The van der Waals surface area contributed by atoms with E-state index in [4.69, 9.17) is 15.2 Å². The van der Waals surface area contributed by atoms with E-state index in [0.717, 1.165) is 16.9 Å². The second kappa shape index (κ2) is 10.5. The number of ether oxygens (including phenoxy) is 2. The lowest BCUT2D eigenvalue weighted by atomic mass is 9.92. The summed E-state index contributed by atoms with van der Waals surface area (Å²) in [6.07, 6.45) is -3.45. The van der Waals surface area contributed by atoms with Crippen LogP contribution in [-0.2, 0) is 10.9 Å². The van der Waals surface area contributed by atoms with Gasteiger partial charge in [-0.2, -0.15) is 18.3 Å². The van der Waals surface area contributed by atoms with Crippen LogP contribution in [0.1, 0.15) is 34.5 Å². The maximum absolute atomic E-state index is 13.7. The Morgan fingerprint density at radius 1 is 1.18 bits per heavy atom. The number of methoxy groups -OCH3 is 2. The van der Waals surface area contributed by atoms with Gasteiger partial charge in [-0.15, -0.1) is 0 Å². The van der Waals surface area contributed by atoms with Crippen LogP contribution in [-0.4, -0.2) is 57.0 Å². The lowest BCUT2D eigenvalue weighted by molar-refractivity contribution is -0.136. The number of carbonyl (C=O) groups excluding carboxylic acids is 1. The van der Waals surface area contributed by atoms with E-state index in [0.29, 0.717) is 5.56 Å². The van der Waals surface area contributed by atoms with Crippen molar-refractivity contribution in [1.82, 2.24) is 24.9 Å². The number of aromatic nitrogens is 4. The molecule has 0 radical (unpaired) electrons. The standard InChI is InChI=1S/C25H24F4N6O4/c1-24(37,20(38-2)13-4-6-15(26)7-5-13)11-32-22(36)16-8-14(10-31-23(16)39-3)18-9-17(25(27,28)29)19-21(30)33-12-34-35(18)19/h4-10,12,20,37H,11H2,1-3H3,(H,32,36)(H2,30,33,34). The summed E-state index contributed by atoms with van der Waals surface area (Å²) in [5.74, 6) is -1.68. The van der Waals surface area contributed by atoms with Crippen LogP contribution in [0.15, 0.2) is 48.9 Å². The van der Waals surface area contributed by atoms with E-state index in [-0.39, 0.29) is 35.1 Å². The molecule has 4 aromatic rings. The molecular weight excluding hydrogens is 524 g/mol. The summed E-state index contributed by atoms with van der Waals surface area (Å²) in [7, 11) is 2.63. The molecule has 10 nitrogen and oxygen atoms in total. The van der Waals surface area contributed by atoms with Crippen LogP contribution in [0.2, 0.25) is 0 Å². The monoisotopic (exact) mass is 548 g/mol. The Bertz CT molecular complexity index is 1510. The number of hydrogen-bond acceptors (Lipinski definition) is 8. The predicted octanol–water partition coefficient (Wildman–Crippen LogP) is 3.41. The van der Waals surface area contributed by atoms with Crippen LogP contribution >= 0.6 is 0 Å². The zero-order valence-corrected chi connectivity index (χ0v) is 21.0. The summed E-state index contributed by atoms with van der Waals surface area (Å²) in [6, 6.07) is 7.44. The van der Waals surface area contributed by atoms with Crippen LogP contribution in [0.3, 0.4) is 0 Å². The van der Waals surface area contributed by atoms with Crippen molar-refractivity contribution in [2.24, 2.45) is 0 Å². The van der Waals surface area contributed by atoms with E-state index in [1.807, 2.05) is 0 Å². The molecule has 3 heterocycles. The van der Waals surface area contributed by atoms with Crippen LogP contribution in [0.25, 0.3) is 16.8 Å². The summed E-state index contributed by atoms with van der Waals surface area (Å²) in [4.78, 5) is 20.9. The van der Waals surface area contributed by atoms with E-state index in [1.165, 1.54) is 57.7 Å². The Morgan fingerprint density at radius 2 is 1.87 bits per heavy atom. The number of carbonyl (C=O) groups is 1. The first-order valence-electron chi connectivity index (χ1n) is 11.4. The zero-order valence-electron chi connectivity index (χ0n) is 21.0. The van der Waals surface area contributed by atoms with Crippen molar-refractivity contribution in [3.05, 3.63) is 71.4 Å². The highest BCUT2D eigenvalue weighted by Gasteiger charge is 2.37.